The molecule has 0 radical (unpaired) electrons. The zero-order valence-electron chi connectivity index (χ0n) is 47.4. The molecule has 0 bridgehead atoms. The van der Waals surface area contributed by atoms with E-state index in [-0.39, 0.29) is 96.6 Å². The molecule has 0 saturated carbocycles. The normalized spacial score (nSPS) is 18.0. The number of nitriles is 1. The molecule has 4 aliphatic rings. The Bertz CT molecular complexity index is 3670. The minimum Gasteiger partial charge on any atom is -0.748 e. The van der Waals surface area contributed by atoms with Crippen molar-refractivity contribution in [3.8, 4) is 6.07 Å². The van der Waals surface area contributed by atoms with Gasteiger partial charge in [0.25, 0.3) is 0 Å². The van der Waals surface area contributed by atoms with Crippen LogP contribution in [0.15, 0.2) is 96.8 Å². The van der Waals surface area contributed by atoms with E-state index in [9.17, 15) is 31.2 Å². The van der Waals surface area contributed by atoms with Crippen LogP contribution in [0.3, 0.4) is 0 Å². The number of hydrogen-bond donors (Lipinski definition) is 1. The van der Waals surface area contributed by atoms with Gasteiger partial charge in [0.1, 0.15) is 43.4 Å². The van der Waals surface area contributed by atoms with Crippen LogP contribution in [0.1, 0.15) is 77.9 Å². The number of benzene rings is 2. The van der Waals surface area contributed by atoms with Crippen molar-refractivity contribution in [2.75, 3.05) is 22.7 Å². The maximum atomic E-state index is 12.1. The zero-order chi connectivity index (χ0) is 57.1. The summed E-state index contributed by atoms with van der Waals surface area (Å²) >= 11 is 2.56. The Morgan fingerprint density at radius 2 is 1.12 bits per heavy atom. The molecule has 0 saturated heterocycles. The van der Waals surface area contributed by atoms with E-state index < -0.39 is 63.1 Å². The number of azo groups is 1. The Balaban J connectivity index is 0.00000147. The number of anilines is 4. The molecule has 2 aromatic carbocycles. The first-order chi connectivity index (χ1) is 35.8. The number of hydrogen-bond acceptors (Lipinski definition) is 23. The minimum atomic E-state index is -4.70. The molecule has 4 aromatic rings. The van der Waals surface area contributed by atoms with Crippen LogP contribution in [-0.2, 0) is 66.2 Å². The molecule has 4 atom stereocenters. The molecule has 4 unspecified atom stereocenters. The fraction of sp³-hybridized carbons (Fsp3) is 0.367. The van der Waals surface area contributed by atoms with Gasteiger partial charge < -0.3 is 23.5 Å². The first-order valence-corrected chi connectivity index (χ1v) is 31.8. The van der Waals surface area contributed by atoms with E-state index in [1.807, 2.05) is 17.9 Å². The van der Waals surface area contributed by atoms with Gasteiger partial charge in [-0.3, -0.25) is 14.9 Å². The van der Waals surface area contributed by atoms with Gasteiger partial charge in [-0.05, 0) is 99.4 Å². The zero-order valence-corrected chi connectivity index (χ0v) is 52.3. The molecule has 2 aromatic heterocycles. The number of nitrogens with zero attached hydrogens (tertiary/aromatic N) is 9. The molecule has 22 nitrogen and oxygen atoms in total. The van der Waals surface area contributed by atoms with Crippen molar-refractivity contribution in [2.45, 2.75) is 104 Å². The number of aromatic nitrogens is 3. The molecule has 0 spiro atoms. The predicted molar refractivity (Wildman–Crippen MR) is 296 cm³/mol. The van der Waals surface area contributed by atoms with E-state index in [1.54, 1.807) is 19.1 Å². The largest absolute Gasteiger partial charge is 1.00 e. The molecule has 412 valence electrons. The average molecular weight is 1200 g/mol. The van der Waals surface area contributed by atoms with Crippen molar-refractivity contribution in [3.05, 3.63) is 127 Å². The van der Waals surface area contributed by atoms with Crippen LogP contribution in [0.4, 0.5) is 34.5 Å². The Hall–Kier alpha value is -3.48. The third-order valence-corrected chi connectivity index (χ3v) is 15.9. The van der Waals surface area contributed by atoms with Crippen LogP contribution in [0.2, 0.25) is 0 Å². The van der Waals surface area contributed by atoms with Crippen LogP contribution in [0.5, 0.6) is 0 Å². The van der Waals surface area contributed by atoms with Gasteiger partial charge in [-0.2, -0.15) is 15.0 Å². The third kappa shape index (κ3) is 19.0. The summed E-state index contributed by atoms with van der Waals surface area (Å²) in [6, 6.07) is 11.8. The summed E-state index contributed by atoms with van der Waals surface area (Å²) < 4.78 is 128. The number of rotatable bonds is 12. The topological polar surface area (TPSA) is 348 Å². The van der Waals surface area contributed by atoms with E-state index >= 15 is 0 Å². The van der Waals surface area contributed by atoms with Crippen LogP contribution in [0, 0.1) is 39.0 Å². The van der Waals surface area contributed by atoms with Gasteiger partial charge in [-0.1, -0.05) is 111 Å². The molecule has 0 fully saturated rings. The quantitative estimate of drug-likeness (QED) is 0.0798. The molecular weight excluding hydrogens is 1140 g/mol. The molecule has 4 heterocycles. The first-order valence-electron chi connectivity index (χ1n) is 23.6. The molecule has 81 heavy (non-hydrogen) atoms. The minimum absolute atomic E-state index is 0. The molecule has 32 heteroatoms. The van der Waals surface area contributed by atoms with Crippen LogP contribution in [-0.4, -0.2) is 112 Å². The standard InChI is InChI=1S/C47H50N10O6S4.2CH4O3S.4Li/c1-9-29-17-25(5)18-30(10-2)42(29)52-44-41(53-54-45-35(24-48)28(8)55-57(45)47-50-37-16-14-34(67(61,62)63)23-39(37)65-47)27(7)21-40(51-44)56(43-31(11-3)19-26(6)20-32(43)12-4)46-49-36-15-13-33(66(58,59)60)22-38(36)64-46;2*1-5(2,3)4;;;;/h13-23,36-39H,9-12H2,1-8H3,(H,51,52)(H,58,59,60)(H,61,62,63);2*1H3,(H,2,3,4);;;;/q;;;4*+1/p-4. The number of aliphatic imine (C=N–C) groups is 2. The summed E-state index contributed by atoms with van der Waals surface area (Å²) in [5, 5.41) is 28.2. The van der Waals surface area contributed by atoms with E-state index in [1.165, 1.54) is 52.5 Å². The van der Waals surface area contributed by atoms with Crippen molar-refractivity contribution < 1.29 is 127 Å². The molecule has 1 N–H and O–H groups in total. The van der Waals surface area contributed by atoms with Gasteiger partial charge in [0, 0.05) is 18.2 Å². The van der Waals surface area contributed by atoms with Gasteiger partial charge in [0.05, 0.1) is 64.0 Å². The molecular formula is C49H54Li4N10O12S6. The van der Waals surface area contributed by atoms with Gasteiger partial charge in [-0.15, -0.1) is 10.2 Å². The number of thioether (sulfide) groups is 2. The van der Waals surface area contributed by atoms with E-state index in [2.05, 4.69) is 82.3 Å². The van der Waals surface area contributed by atoms with Gasteiger partial charge >= 0.3 is 75.4 Å². The molecule has 0 amide bonds. The monoisotopic (exact) mass is 1190 g/mol. The Kier molecular flexibility index (Phi) is 27.3. The number of amidine groups is 1. The second kappa shape index (κ2) is 30.0. The second-order valence-electron chi connectivity index (χ2n) is 17.9. The summed E-state index contributed by atoms with van der Waals surface area (Å²) in [4.78, 5) is 16.7. The number of nitrogens with one attached hydrogen (secondary N) is 1. The van der Waals surface area contributed by atoms with E-state index in [0.717, 1.165) is 57.6 Å². The Labute approximate surface area is 530 Å². The summed E-state index contributed by atoms with van der Waals surface area (Å²) in [7, 11) is -17.2. The maximum Gasteiger partial charge on any atom is 1.00 e. The van der Waals surface area contributed by atoms with Crippen molar-refractivity contribution in [2.24, 2.45) is 20.2 Å². The van der Waals surface area contributed by atoms with Crippen LogP contribution in [0.25, 0.3) is 0 Å². The molecule has 2 aliphatic heterocycles. The number of pyridine rings is 1. The number of aryl methyl sites for hydroxylation is 8. The van der Waals surface area contributed by atoms with Crippen molar-refractivity contribution in [1.82, 2.24) is 14.8 Å². The SMILES string of the molecule is CCc1cc(C)cc(CC)c1Nc1nc(N(C2=NC3C=CC(S(=O)(=O)[O-])=CC3S2)c2c(CC)cc(C)cc2CC)cc(C)c1N=Nc1c(C#N)c(C)nn1C1=NC2C=CC(S(=O)(=O)[O-])=CC2S1.CS(=O)(=O)[O-].CS(=O)(=O)[O-].[Li+].[Li+].[Li+].[Li+]. The molecule has 2 aliphatic carbocycles. The number of fused-ring (bicyclic) bond motifs is 2. The maximum absolute atomic E-state index is 12.1. The van der Waals surface area contributed by atoms with Crippen LogP contribution < -0.4 is 85.7 Å². The fourth-order valence-corrected chi connectivity index (χ4v) is 12.2. The Morgan fingerprint density at radius 1 is 0.679 bits per heavy atom. The average Bonchev–Trinajstić information content (AvgIpc) is 4.04. The van der Waals surface area contributed by atoms with Crippen molar-refractivity contribution in [1.29, 1.82) is 5.26 Å². The fourth-order valence-electron chi connectivity index (χ4n) is 8.58. The first kappa shape index (κ1) is 73.6. The summed E-state index contributed by atoms with van der Waals surface area (Å²) in [5.74, 6) is 0.967. The summed E-state index contributed by atoms with van der Waals surface area (Å²) in [6.07, 6.45) is 12.7. The van der Waals surface area contributed by atoms with Gasteiger partial charge in [0.15, 0.2) is 22.0 Å². The molecule has 8 rings (SSSR count). The summed E-state index contributed by atoms with van der Waals surface area (Å²) in [6.45, 7) is 16.1. The van der Waals surface area contributed by atoms with Crippen LogP contribution >= 0.6 is 23.5 Å². The van der Waals surface area contributed by atoms with E-state index in [4.69, 9.17) is 51.1 Å². The van der Waals surface area contributed by atoms with Crippen molar-refractivity contribution >= 4 is 109 Å². The summed E-state index contributed by atoms with van der Waals surface area (Å²) in [5.41, 5.74) is 9.80. The van der Waals surface area contributed by atoms with E-state index in [0.29, 0.717) is 64.3 Å². The Morgan fingerprint density at radius 3 is 1.57 bits per heavy atom. The van der Waals surface area contributed by atoms with Gasteiger partial charge in [0.2, 0.25) is 0 Å². The smallest absolute Gasteiger partial charge is 0.748 e. The predicted octanol–water partition coefficient (Wildman–Crippen LogP) is -4.21. The van der Waals surface area contributed by atoms with Crippen molar-refractivity contribution in [3.63, 3.8) is 0 Å². The number of allylic oxidation sites excluding steroid dienone is 2. The second-order valence-corrected chi connectivity index (χ2v) is 25.8. The van der Waals surface area contributed by atoms with Gasteiger partial charge in [-0.25, -0.2) is 38.7 Å². The third-order valence-electron chi connectivity index (χ3n) is 11.8.